The first kappa shape index (κ1) is 22.3. The average Bonchev–Trinajstić information content (AvgIpc) is 3.46. The van der Waals surface area contributed by atoms with E-state index in [-0.39, 0.29) is 5.92 Å². The van der Waals surface area contributed by atoms with Gasteiger partial charge in [0, 0.05) is 47.4 Å². The van der Waals surface area contributed by atoms with E-state index in [1.807, 2.05) is 19.1 Å². The van der Waals surface area contributed by atoms with E-state index in [9.17, 15) is 9.90 Å². The third-order valence-corrected chi connectivity index (χ3v) is 6.74. The maximum Gasteiger partial charge on any atom is 0.307 e. The summed E-state index contributed by atoms with van der Waals surface area (Å²) in [5.74, 6) is 0.115. The van der Waals surface area contributed by atoms with E-state index in [0.29, 0.717) is 24.3 Å². The number of aryl methyl sites for hydroxylation is 1. The number of aromatic nitrogens is 3. The fraction of sp³-hybridized carbons (Fsp3) is 0.370. The number of hydrogen-bond acceptors (Lipinski definition) is 5. The van der Waals surface area contributed by atoms with Gasteiger partial charge in [0.15, 0.2) is 0 Å². The van der Waals surface area contributed by atoms with E-state index in [4.69, 9.17) is 4.52 Å². The quantitative estimate of drug-likeness (QED) is 0.408. The van der Waals surface area contributed by atoms with Gasteiger partial charge in [-0.2, -0.15) is 4.98 Å². The SMILES string of the molecule is Cc1cc(CN2CCC[C@@H](C(=O)O)C2)ccc1-c1noc(-c2ccc3c(ccn3C(C)C)c2)n1. The summed E-state index contributed by atoms with van der Waals surface area (Å²) in [5, 5.41) is 14.7. The molecule has 4 aromatic rings. The second kappa shape index (κ2) is 9.06. The molecule has 34 heavy (non-hydrogen) atoms. The third kappa shape index (κ3) is 4.35. The summed E-state index contributed by atoms with van der Waals surface area (Å²) in [5.41, 5.74) is 5.26. The molecule has 7 nitrogen and oxygen atoms in total. The summed E-state index contributed by atoms with van der Waals surface area (Å²) in [7, 11) is 0. The molecule has 0 radical (unpaired) electrons. The van der Waals surface area contributed by atoms with Crippen LogP contribution < -0.4 is 0 Å². The van der Waals surface area contributed by atoms with Crippen LogP contribution in [0.25, 0.3) is 33.7 Å². The van der Waals surface area contributed by atoms with Crippen molar-refractivity contribution < 1.29 is 14.4 Å². The largest absolute Gasteiger partial charge is 0.481 e. The molecule has 1 atom stereocenters. The zero-order valence-electron chi connectivity index (χ0n) is 19.9. The first-order chi connectivity index (χ1) is 16.4. The van der Waals surface area contributed by atoms with Gasteiger partial charge >= 0.3 is 5.97 Å². The van der Waals surface area contributed by atoms with Crippen LogP contribution >= 0.6 is 0 Å². The second-order valence-electron chi connectivity index (χ2n) is 9.58. The lowest BCUT2D eigenvalue weighted by Gasteiger charge is -2.30. The molecule has 0 bridgehead atoms. The molecule has 0 spiro atoms. The Hall–Kier alpha value is -3.45. The fourth-order valence-electron chi connectivity index (χ4n) is 4.93. The second-order valence-corrected chi connectivity index (χ2v) is 9.58. The molecule has 1 N–H and O–H groups in total. The molecule has 0 aliphatic carbocycles. The Morgan fingerprint density at radius 1 is 1.21 bits per heavy atom. The van der Waals surface area contributed by atoms with E-state index in [0.717, 1.165) is 53.6 Å². The summed E-state index contributed by atoms with van der Waals surface area (Å²) in [4.78, 5) is 18.3. The van der Waals surface area contributed by atoms with Crippen molar-refractivity contribution in [3.63, 3.8) is 0 Å². The Kier molecular flexibility index (Phi) is 5.96. The number of aliphatic carboxylic acids is 1. The lowest BCUT2D eigenvalue weighted by Crippen LogP contribution is -2.38. The monoisotopic (exact) mass is 458 g/mol. The van der Waals surface area contributed by atoms with Crippen LogP contribution in [0.2, 0.25) is 0 Å². The number of likely N-dealkylation sites (tertiary alicyclic amines) is 1. The van der Waals surface area contributed by atoms with E-state index < -0.39 is 5.97 Å². The minimum Gasteiger partial charge on any atom is -0.481 e. The smallest absolute Gasteiger partial charge is 0.307 e. The van der Waals surface area contributed by atoms with Gasteiger partial charge in [-0.25, -0.2) is 0 Å². The van der Waals surface area contributed by atoms with Crippen LogP contribution in [0.15, 0.2) is 53.2 Å². The van der Waals surface area contributed by atoms with Crippen molar-refractivity contribution in [1.29, 1.82) is 0 Å². The van der Waals surface area contributed by atoms with Gasteiger partial charge in [-0.15, -0.1) is 0 Å². The molecule has 0 amide bonds. The molecular weight excluding hydrogens is 428 g/mol. The fourth-order valence-corrected chi connectivity index (χ4v) is 4.93. The standard InChI is InChI=1S/C27H30N4O3/c1-17(2)31-12-10-20-14-21(7-9-24(20)31)26-28-25(29-34-26)23-8-6-19(13-18(23)3)15-30-11-4-5-22(16-30)27(32)33/h6-10,12-14,17,22H,4-5,11,15-16H2,1-3H3,(H,32,33)/t22-/m1/s1. The lowest BCUT2D eigenvalue weighted by molar-refractivity contribution is -0.143. The summed E-state index contributed by atoms with van der Waals surface area (Å²) in [6.07, 6.45) is 3.79. The van der Waals surface area contributed by atoms with E-state index >= 15 is 0 Å². The predicted molar refractivity (Wildman–Crippen MR) is 131 cm³/mol. The van der Waals surface area contributed by atoms with Crippen LogP contribution in [0.1, 0.15) is 43.9 Å². The average molecular weight is 459 g/mol. The number of carbonyl (C=O) groups is 1. The number of carboxylic acids is 1. The molecular formula is C27H30N4O3. The first-order valence-electron chi connectivity index (χ1n) is 11.9. The maximum absolute atomic E-state index is 11.4. The number of fused-ring (bicyclic) bond motifs is 1. The Morgan fingerprint density at radius 3 is 2.82 bits per heavy atom. The van der Waals surface area contributed by atoms with Crippen LogP contribution in [0, 0.1) is 12.8 Å². The summed E-state index contributed by atoms with van der Waals surface area (Å²) in [6.45, 7) is 8.68. The van der Waals surface area contributed by atoms with Crippen LogP contribution in [-0.2, 0) is 11.3 Å². The molecule has 0 unspecified atom stereocenters. The van der Waals surface area contributed by atoms with Gasteiger partial charge in [-0.1, -0.05) is 23.4 Å². The number of piperidine rings is 1. The van der Waals surface area contributed by atoms with Crippen molar-refractivity contribution in [3.05, 3.63) is 59.8 Å². The molecule has 2 aromatic carbocycles. The van der Waals surface area contributed by atoms with Crippen molar-refractivity contribution >= 4 is 16.9 Å². The van der Waals surface area contributed by atoms with Gasteiger partial charge in [0.05, 0.1) is 5.92 Å². The molecule has 2 aromatic heterocycles. The lowest BCUT2D eigenvalue weighted by atomic mass is 9.97. The Bertz CT molecular complexity index is 1340. The molecule has 1 aliphatic rings. The third-order valence-electron chi connectivity index (χ3n) is 6.74. The van der Waals surface area contributed by atoms with Gasteiger partial charge < -0.3 is 14.2 Å². The Labute approximate surface area is 199 Å². The van der Waals surface area contributed by atoms with E-state index in [1.165, 1.54) is 5.52 Å². The molecule has 5 rings (SSSR count). The minimum absolute atomic E-state index is 0.268. The van der Waals surface area contributed by atoms with Crippen molar-refractivity contribution in [2.75, 3.05) is 13.1 Å². The predicted octanol–water partition coefficient (Wildman–Crippen LogP) is 5.54. The number of nitrogens with zero attached hydrogens (tertiary/aromatic N) is 4. The normalized spacial score (nSPS) is 17.0. The van der Waals surface area contributed by atoms with Gasteiger partial charge in [0.2, 0.25) is 5.82 Å². The molecule has 0 saturated carbocycles. The molecule has 176 valence electrons. The Balaban J connectivity index is 1.34. The van der Waals surface area contributed by atoms with Crippen molar-refractivity contribution in [2.45, 2.75) is 46.2 Å². The Morgan fingerprint density at radius 2 is 2.06 bits per heavy atom. The molecule has 1 saturated heterocycles. The highest BCUT2D eigenvalue weighted by molar-refractivity contribution is 5.84. The topological polar surface area (TPSA) is 84.4 Å². The molecule has 3 heterocycles. The maximum atomic E-state index is 11.4. The highest BCUT2D eigenvalue weighted by Crippen LogP contribution is 2.29. The van der Waals surface area contributed by atoms with Crippen molar-refractivity contribution in [1.82, 2.24) is 19.6 Å². The van der Waals surface area contributed by atoms with Gasteiger partial charge in [-0.05, 0) is 75.5 Å². The highest BCUT2D eigenvalue weighted by atomic mass is 16.5. The molecule has 7 heteroatoms. The van der Waals surface area contributed by atoms with Crippen LogP contribution in [-0.4, -0.2) is 43.8 Å². The van der Waals surface area contributed by atoms with Gasteiger partial charge in [0.25, 0.3) is 5.89 Å². The minimum atomic E-state index is -0.694. The van der Waals surface area contributed by atoms with Crippen LogP contribution in [0.5, 0.6) is 0 Å². The molecule has 1 aliphatic heterocycles. The van der Waals surface area contributed by atoms with Crippen molar-refractivity contribution in [3.8, 4) is 22.8 Å². The van der Waals surface area contributed by atoms with Crippen LogP contribution in [0.4, 0.5) is 0 Å². The van der Waals surface area contributed by atoms with Crippen molar-refractivity contribution in [2.24, 2.45) is 5.92 Å². The van der Waals surface area contributed by atoms with Gasteiger partial charge in [-0.3, -0.25) is 9.69 Å². The first-order valence-corrected chi connectivity index (χ1v) is 11.9. The zero-order chi connectivity index (χ0) is 23.8. The summed E-state index contributed by atoms with van der Waals surface area (Å²) < 4.78 is 7.86. The number of carboxylic acid groups (broad SMARTS) is 1. The van der Waals surface area contributed by atoms with Gasteiger partial charge in [0.1, 0.15) is 0 Å². The summed E-state index contributed by atoms with van der Waals surface area (Å²) >= 11 is 0. The number of hydrogen-bond donors (Lipinski definition) is 1. The zero-order valence-corrected chi connectivity index (χ0v) is 19.9. The van der Waals surface area contributed by atoms with E-state index in [1.54, 1.807) is 0 Å². The van der Waals surface area contributed by atoms with E-state index in [2.05, 4.69) is 70.0 Å². The van der Waals surface area contributed by atoms with Crippen LogP contribution in [0.3, 0.4) is 0 Å². The number of rotatable bonds is 6. The highest BCUT2D eigenvalue weighted by Gasteiger charge is 2.25. The number of benzene rings is 2. The summed E-state index contributed by atoms with van der Waals surface area (Å²) in [6, 6.07) is 15.0. The molecule has 1 fully saturated rings.